The van der Waals surface area contributed by atoms with E-state index >= 15 is 0 Å². The van der Waals surface area contributed by atoms with Crippen molar-refractivity contribution in [3.05, 3.63) is 0 Å². The molecule has 1 aliphatic heterocycles. The summed E-state index contributed by atoms with van der Waals surface area (Å²) in [5, 5.41) is 1.14. The summed E-state index contributed by atoms with van der Waals surface area (Å²) in [6, 6.07) is 0. The van der Waals surface area contributed by atoms with E-state index in [0.717, 1.165) is 5.01 Å². The zero-order valence-corrected chi connectivity index (χ0v) is 8.21. The Bertz CT molecular complexity index is 222. The molecule has 6 heteroatoms. The summed E-state index contributed by atoms with van der Waals surface area (Å²) in [5.74, 6) is 3.99. The first-order valence-electron chi connectivity index (χ1n) is 3.89. The second-order valence-electron chi connectivity index (χ2n) is 3.12. The molecule has 1 aliphatic rings. The van der Waals surface area contributed by atoms with Crippen LogP contribution in [0.15, 0.2) is 0 Å². The molecular formula is C7H14ClN3O2. The number of nitrogens with two attached hydrogens (primary N) is 2. The van der Waals surface area contributed by atoms with Gasteiger partial charge in [-0.1, -0.05) is 6.92 Å². The maximum Gasteiger partial charge on any atom is 0.240 e. The third-order valence-corrected chi connectivity index (χ3v) is 2.33. The molecular weight excluding hydrogens is 194 g/mol. The van der Waals surface area contributed by atoms with Crippen LogP contribution in [0.25, 0.3) is 0 Å². The van der Waals surface area contributed by atoms with E-state index in [0.29, 0.717) is 13.0 Å². The van der Waals surface area contributed by atoms with Crippen molar-refractivity contribution >= 4 is 24.2 Å². The number of amides is 2. The molecule has 4 N–H and O–H groups in total. The summed E-state index contributed by atoms with van der Waals surface area (Å²) in [4.78, 5) is 22.0. The summed E-state index contributed by atoms with van der Waals surface area (Å²) in [6.07, 6.45) is 0.624. The van der Waals surface area contributed by atoms with Crippen LogP contribution in [0, 0.1) is 11.8 Å². The Labute approximate surface area is 82.8 Å². The zero-order valence-electron chi connectivity index (χ0n) is 7.40. The number of hydrogen-bond acceptors (Lipinski definition) is 3. The topological polar surface area (TPSA) is 89.4 Å². The molecule has 5 nitrogen and oxygen atoms in total. The van der Waals surface area contributed by atoms with E-state index in [2.05, 4.69) is 0 Å². The third-order valence-electron chi connectivity index (χ3n) is 2.33. The van der Waals surface area contributed by atoms with Gasteiger partial charge in [-0.25, -0.2) is 5.84 Å². The van der Waals surface area contributed by atoms with Crippen LogP contribution in [0.1, 0.15) is 13.3 Å². The Kier molecular flexibility index (Phi) is 4.16. The third kappa shape index (κ3) is 2.32. The maximum absolute atomic E-state index is 11.2. The minimum Gasteiger partial charge on any atom is -0.369 e. The van der Waals surface area contributed by atoms with Crippen LogP contribution in [0.3, 0.4) is 0 Å². The molecule has 2 amide bonds. The number of halogens is 1. The van der Waals surface area contributed by atoms with E-state index in [1.54, 1.807) is 6.92 Å². The van der Waals surface area contributed by atoms with Crippen molar-refractivity contribution in [1.29, 1.82) is 0 Å². The number of carbonyl (C=O) groups is 2. The van der Waals surface area contributed by atoms with Crippen LogP contribution < -0.4 is 11.6 Å². The summed E-state index contributed by atoms with van der Waals surface area (Å²) in [6.45, 7) is 2.17. The first kappa shape index (κ1) is 12.2. The Balaban J connectivity index is 0.00000144. The van der Waals surface area contributed by atoms with Crippen LogP contribution >= 0.6 is 12.4 Å². The molecule has 0 bridgehead atoms. The Morgan fingerprint density at radius 3 is 2.54 bits per heavy atom. The molecule has 0 aromatic heterocycles. The van der Waals surface area contributed by atoms with Gasteiger partial charge in [-0.2, -0.15) is 0 Å². The molecule has 0 saturated carbocycles. The minimum atomic E-state index is -0.441. The lowest BCUT2D eigenvalue weighted by Crippen LogP contribution is -2.37. The van der Waals surface area contributed by atoms with Crippen LogP contribution in [-0.2, 0) is 9.59 Å². The number of carbonyl (C=O) groups excluding carboxylic acids is 2. The smallest absolute Gasteiger partial charge is 0.240 e. The fraction of sp³-hybridized carbons (Fsp3) is 0.714. The standard InChI is InChI=1S/C7H13N3O2.ClH/c1-4(6(8)11)5-2-3-10(9)7(5)12;/h4-5H,2-3,9H2,1H3,(H2,8,11);1H/t4-,5-;/m0./s1. The number of nitrogens with zero attached hydrogens (tertiary/aromatic N) is 1. The van der Waals surface area contributed by atoms with Crippen LogP contribution in [0.4, 0.5) is 0 Å². The molecule has 1 rings (SSSR count). The highest BCUT2D eigenvalue weighted by atomic mass is 35.5. The highest BCUT2D eigenvalue weighted by molar-refractivity contribution is 5.87. The van der Waals surface area contributed by atoms with Gasteiger partial charge >= 0.3 is 0 Å². The molecule has 1 saturated heterocycles. The van der Waals surface area contributed by atoms with Gasteiger partial charge in [0.1, 0.15) is 0 Å². The molecule has 1 heterocycles. The summed E-state index contributed by atoms with van der Waals surface area (Å²) in [5.41, 5.74) is 5.07. The van der Waals surface area contributed by atoms with Gasteiger partial charge in [0.05, 0.1) is 5.92 Å². The van der Waals surface area contributed by atoms with Gasteiger partial charge in [-0.3, -0.25) is 14.6 Å². The molecule has 0 aromatic carbocycles. The van der Waals surface area contributed by atoms with Crippen molar-refractivity contribution < 1.29 is 9.59 Å². The van der Waals surface area contributed by atoms with E-state index < -0.39 is 11.8 Å². The fourth-order valence-electron chi connectivity index (χ4n) is 1.39. The van der Waals surface area contributed by atoms with Crippen molar-refractivity contribution in [3.63, 3.8) is 0 Å². The van der Waals surface area contributed by atoms with Crippen molar-refractivity contribution in [3.8, 4) is 0 Å². The van der Waals surface area contributed by atoms with Crippen molar-refractivity contribution in [2.75, 3.05) is 6.54 Å². The summed E-state index contributed by atoms with van der Waals surface area (Å²) in [7, 11) is 0. The van der Waals surface area contributed by atoms with Gasteiger partial charge in [-0.05, 0) is 6.42 Å². The molecule has 76 valence electrons. The van der Waals surface area contributed by atoms with E-state index in [1.165, 1.54) is 0 Å². The molecule has 2 atom stereocenters. The molecule has 0 spiro atoms. The van der Waals surface area contributed by atoms with Gasteiger partial charge in [0.25, 0.3) is 0 Å². The van der Waals surface area contributed by atoms with E-state index in [9.17, 15) is 9.59 Å². The minimum absolute atomic E-state index is 0. The predicted molar refractivity (Wildman–Crippen MR) is 49.6 cm³/mol. The van der Waals surface area contributed by atoms with Crippen molar-refractivity contribution in [2.45, 2.75) is 13.3 Å². The normalized spacial score (nSPS) is 24.0. The average Bonchev–Trinajstić information content (AvgIpc) is 2.32. The SMILES string of the molecule is C[C@H](C(N)=O)[C@@H]1CCN(N)C1=O.Cl. The molecule has 0 radical (unpaired) electrons. The molecule has 1 fully saturated rings. The van der Waals surface area contributed by atoms with Crippen molar-refractivity contribution in [1.82, 2.24) is 5.01 Å². The Hall–Kier alpha value is -0.810. The van der Waals surface area contributed by atoms with Gasteiger partial charge in [0, 0.05) is 12.5 Å². The van der Waals surface area contributed by atoms with Gasteiger partial charge in [0.15, 0.2) is 0 Å². The molecule has 13 heavy (non-hydrogen) atoms. The van der Waals surface area contributed by atoms with E-state index in [4.69, 9.17) is 11.6 Å². The monoisotopic (exact) mass is 207 g/mol. The highest BCUT2D eigenvalue weighted by Crippen LogP contribution is 2.22. The molecule has 0 aliphatic carbocycles. The van der Waals surface area contributed by atoms with Crippen LogP contribution in [0.2, 0.25) is 0 Å². The number of rotatable bonds is 2. The van der Waals surface area contributed by atoms with Crippen LogP contribution in [0.5, 0.6) is 0 Å². The first-order valence-corrected chi connectivity index (χ1v) is 3.89. The molecule has 0 aromatic rings. The number of primary amides is 1. The summed E-state index contributed by atoms with van der Waals surface area (Å²) >= 11 is 0. The van der Waals surface area contributed by atoms with E-state index in [-0.39, 0.29) is 24.2 Å². The largest absolute Gasteiger partial charge is 0.369 e. The van der Waals surface area contributed by atoms with Gasteiger partial charge in [-0.15, -0.1) is 12.4 Å². The average molecular weight is 208 g/mol. The number of hydrogen-bond donors (Lipinski definition) is 2. The maximum atomic E-state index is 11.2. The lowest BCUT2D eigenvalue weighted by Gasteiger charge is -2.13. The number of hydrazine groups is 1. The van der Waals surface area contributed by atoms with E-state index in [1.807, 2.05) is 0 Å². The second kappa shape index (κ2) is 4.43. The lowest BCUT2D eigenvalue weighted by atomic mass is 9.92. The quantitative estimate of drug-likeness (QED) is 0.461. The zero-order chi connectivity index (χ0) is 9.30. The second-order valence-corrected chi connectivity index (χ2v) is 3.12. The Morgan fingerprint density at radius 2 is 2.23 bits per heavy atom. The van der Waals surface area contributed by atoms with Crippen LogP contribution in [-0.4, -0.2) is 23.4 Å². The highest BCUT2D eigenvalue weighted by Gasteiger charge is 2.36. The Morgan fingerprint density at radius 1 is 1.69 bits per heavy atom. The molecule has 0 unspecified atom stereocenters. The van der Waals surface area contributed by atoms with Gasteiger partial charge < -0.3 is 5.73 Å². The lowest BCUT2D eigenvalue weighted by molar-refractivity contribution is -0.136. The summed E-state index contributed by atoms with van der Waals surface area (Å²) < 4.78 is 0. The predicted octanol–water partition coefficient (Wildman–Crippen LogP) is -0.748. The fourth-order valence-corrected chi connectivity index (χ4v) is 1.39. The van der Waals surface area contributed by atoms with Crippen molar-refractivity contribution in [2.24, 2.45) is 23.4 Å². The van der Waals surface area contributed by atoms with Gasteiger partial charge in [0.2, 0.25) is 11.8 Å². The first-order chi connectivity index (χ1) is 5.54.